The lowest BCUT2D eigenvalue weighted by molar-refractivity contribution is 1.19. The van der Waals surface area contributed by atoms with Gasteiger partial charge in [0, 0.05) is 5.33 Å². The predicted octanol–water partition coefficient (Wildman–Crippen LogP) is 4.69. The summed E-state index contributed by atoms with van der Waals surface area (Å²) in [6, 6.07) is 19.3. The molecule has 0 nitrogen and oxygen atoms in total. The molecule has 2 aromatic rings. The zero-order valence-corrected chi connectivity index (χ0v) is 11.2. The van der Waals surface area contributed by atoms with Crippen molar-refractivity contribution in [2.24, 2.45) is 0 Å². The number of hydrogen-bond acceptors (Lipinski definition) is 0. The summed E-state index contributed by atoms with van der Waals surface area (Å²) in [5.74, 6) is 0. The first-order valence-corrected chi connectivity index (χ1v) is 6.86. The quantitative estimate of drug-likeness (QED) is 0.716. The molecule has 0 unspecified atom stereocenters. The van der Waals surface area contributed by atoms with Crippen LogP contribution in [0, 0.1) is 0 Å². The molecule has 0 aliphatic rings. The first-order chi connectivity index (χ1) is 8.38. The summed E-state index contributed by atoms with van der Waals surface area (Å²) in [6.45, 7) is 0. The van der Waals surface area contributed by atoms with E-state index in [1.807, 2.05) is 0 Å². The molecule has 0 atom stereocenters. The lowest BCUT2D eigenvalue weighted by Crippen LogP contribution is -1.87. The normalized spacial score (nSPS) is 10.9. The Balaban J connectivity index is 2.06. The Morgan fingerprint density at radius 1 is 0.824 bits per heavy atom. The van der Waals surface area contributed by atoms with E-state index in [0.29, 0.717) is 0 Å². The lowest BCUT2D eigenvalue weighted by Gasteiger charge is -2.02. The summed E-state index contributed by atoms with van der Waals surface area (Å²) >= 11 is 3.38. The van der Waals surface area contributed by atoms with Crippen LogP contribution in [0.3, 0.4) is 0 Å². The largest absolute Gasteiger partial charge is 0.0883 e. The van der Waals surface area contributed by atoms with E-state index < -0.39 is 0 Å². The second kappa shape index (κ2) is 6.41. The van der Waals surface area contributed by atoms with Crippen molar-refractivity contribution >= 4 is 22.0 Å². The van der Waals surface area contributed by atoms with Crippen LogP contribution in [0.2, 0.25) is 0 Å². The summed E-state index contributed by atoms with van der Waals surface area (Å²) in [5.41, 5.74) is 3.96. The molecule has 0 bridgehead atoms. The average molecular weight is 287 g/mol. The molecule has 0 spiro atoms. The summed E-state index contributed by atoms with van der Waals surface area (Å²) in [4.78, 5) is 0. The number of alkyl halides is 1. The molecule has 0 saturated heterocycles. The molecule has 0 heterocycles. The van der Waals surface area contributed by atoms with Crippen LogP contribution in [-0.4, -0.2) is 5.33 Å². The van der Waals surface area contributed by atoms with Crippen LogP contribution in [0.4, 0.5) is 0 Å². The van der Waals surface area contributed by atoms with Gasteiger partial charge in [0.05, 0.1) is 0 Å². The Bertz CT molecular complexity index is 469. The highest BCUT2D eigenvalue weighted by Gasteiger charge is 1.95. The minimum Gasteiger partial charge on any atom is -0.0883 e. The Labute approximate surface area is 111 Å². The first kappa shape index (κ1) is 12.1. The summed E-state index contributed by atoms with van der Waals surface area (Å²) in [5, 5.41) is 0.902. The van der Waals surface area contributed by atoms with Gasteiger partial charge in [-0.05, 0) is 23.1 Å². The van der Waals surface area contributed by atoms with Crippen molar-refractivity contribution < 1.29 is 0 Å². The Hall–Kier alpha value is -1.34. The molecule has 0 saturated carbocycles. The fourth-order valence-corrected chi connectivity index (χ4v) is 1.95. The number of hydrogen-bond donors (Lipinski definition) is 0. The van der Waals surface area contributed by atoms with E-state index >= 15 is 0 Å². The van der Waals surface area contributed by atoms with Crippen molar-refractivity contribution in [2.75, 3.05) is 5.33 Å². The highest BCUT2D eigenvalue weighted by Crippen LogP contribution is 2.11. The molecule has 2 aromatic carbocycles. The minimum absolute atomic E-state index is 0.902. The van der Waals surface area contributed by atoms with Gasteiger partial charge in [-0.25, -0.2) is 0 Å². The molecule has 1 heteroatoms. The summed E-state index contributed by atoms with van der Waals surface area (Å²) in [6.07, 6.45) is 5.23. The Kier molecular flexibility index (Phi) is 4.57. The number of benzene rings is 2. The fourth-order valence-electron chi connectivity index (χ4n) is 1.76. The number of halogens is 1. The molecule has 0 amide bonds. The maximum Gasteiger partial charge on any atom is 0.0215 e. The van der Waals surface area contributed by atoms with Crippen molar-refractivity contribution in [1.82, 2.24) is 0 Å². The Morgan fingerprint density at radius 2 is 1.47 bits per heavy atom. The zero-order valence-electron chi connectivity index (χ0n) is 9.64. The molecule has 86 valence electrons. The van der Waals surface area contributed by atoms with Gasteiger partial charge in [-0.1, -0.05) is 82.7 Å². The van der Waals surface area contributed by atoms with Gasteiger partial charge >= 0.3 is 0 Å². The van der Waals surface area contributed by atoms with E-state index in [4.69, 9.17) is 0 Å². The van der Waals surface area contributed by atoms with Crippen LogP contribution >= 0.6 is 15.9 Å². The topological polar surface area (TPSA) is 0 Å². The molecule has 0 radical (unpaired) electrons. The molecule has 0 N–H and O–H groups in total. The van der Waals surface area contributed by atoms with E-state index in [1.165, 1.54) is 16.7 Å². The third-order valence-electron chi connectivity index (χ3n) is 2.63. The van der Waals surface area contributed by atoms with Gasteiger partial charge in [0.15, 0.2) is 0 Å². The van der Waals surface area contributed by atoms with Gasteiger partial charge in [0.2, 0.25) is 0 Å². The highest BCUT2D eigenvalue weighted by molar-refractivity contribution is 9.09. The van der Waals surface area contributed by atoms with E-state index in [0.717, 1.165) is 11.8 Å². The zero-order chi connectivity index (χ0) is 11.9. The first-order valence-electron chi connectivity index (χ1n) is 5.74. The molecule has 0 aromatic heterocycles. The molecule has 2 rings (SSSR count). The third-order valence-corrected chi connectivity index (χ3v) is 3.00. The average Bonchev–Trinajstić information content (AvgIpc) is 2.39. The molecule has 17 heavy (non-hydrogen) atoms. The van der Waals surface area contributed by atoms with Crippen molar-refractivity contribution in [1.29, 1.82) is 0 Å². The SMILES string of the molecule is BrCC=Cc1ccc(Cc2ccccc2)cc1. The maximum absolute atomic E-state index is 3.38. The molecule has 0 fully saturated rings. The van der Waals surface area contributed by atoms with E-state index in [2.05, 4.69) is 82.7 Å². The van der Waals surface area contributed by atoms with E-state index in [9.17, 15) is 0 Å². The maximum atomic E-state index is 3.38. The van der Waals surface area contributed by atoms with Crippen LogP contribution in [0.25, 0.3) is 6.08 Å². The highest BCUT2D eigenvalue weighted by atomic mass is 79.9. The summed E-state index contributed by atoms with van der Waals surface area (Å²) < 4.78 is 0. The van der Waals surface area contributed by atoms with Gasteiger partial charge in [0.25, 0.3) is 0 Å². The smallest absolute Gasteiger partial charge is 0.0215 e. The van der Waals surface area contributed by atoms with Crippen LogP contribution < -0.4 is 0 Å². The monoisotopic (exact) mass is 286 g/mol. The van der Waals surface area contributed by atoms with Crippen molar-refractivity contribution in [3.8, 4) is 0 Å². The van der Waals surface area contributed by atoms with E-state index in [-0.39, 0.29) is 0 Å². The van der Waals surface area contributed by atoms with Crippen molar-refractivity contribution in [3.05, 3.63) is 77.4 Å². The summed E-state index contributed by atoms with van der Waals surface area (Å²) in [7, 11) is 0. The molecular formula is C16H15Br. The van der Waals surface area contributed by atoms with Gasteiger partial charge < -0.3 is 0 Å². The van der Waals surface area contributed by atoms with Gasteiger partial charge in [-0.2, -0.15) is 0 Å². The van der Waals surface area contributed by atoms with Gasteiger partial charge in [-0.3, -0.25) is 0 Å². The lowest BCUT2D eigenvalue weighted by atomic mass is 10.0. The van der Waals surface area contributed by atoms with Crippen LogP contribution in [0.1, 0.15) is 16.7 Å². The Morgan fingerprint density at radius 3 is 2.12 bits per heavy atom. The minimum atomic E-state index is 0.902. The fraction of sp³-hybridized carbons (Fsp3) is 0.125. The van der Waals surface area contributed by atoms with Crippen LogP contribution in [0.5, 0.6) is 0 Å². The second-order valence-electron chi connectivity index (χ2n) is 3.96. The van der Waals surface area contributed by atoms with Gasteiger partial charge in [0.1, 0.15) is 0 Å². The second-order valence-corrected chi connectivity index (χ2v) is 4.61. The predicted molar refractivity (Wildman–Crippen MR) is 78.5 cm³/mol. The molecule has 0 aliphatic heterocycles. The van der Waals surface area contributed by atoms with E-state index in [1.54, 1.807) is 0 Å². The standard InChI is InChI=1S/C16H15Br/c17-12-4-7-14-8-10-16(11-9-14)13-15-5-2-1-3-6-15/h1-11H,12-13H2. The van der Waals surface area contributed by atoms with Gasteiger partial charge in [-0.15, -0.1) is 0 Å². The van der Waals surface area contributed by atoms with Crippen LogP contribution in [0.15, 0.2) is 60.7 Å². The third kappa shape index (κ3) is 3.86. The number of allylic oxidation sites excluding steroid dienone is 1. The molecular weight excluding hydrogens is 272 g/mol. The molecule has 0 aliphatic carbocycles. The van der Waals surface area contributed by atoms with Crippen LogP contribution in [-0.2, 0) is 6.42 Å². The van der Waals surface area contributed by atoms with Crippen molar-refractivity contribution in [3.63, 3.8) is 0 Å². The van der Waals surface area contributed by atoms with Crippen molar-refractivity contribution in [2.45, 2.75) is 6.42 Å². The number of rotatable bonds is 4.